The van der Waals surface area contributed by atoms with Crippen molar-refractivity contribution in [3.8, 4) is 0 Å². The fourth-order valence-electron chi connectivity index (χ4n) is 15.9. The minimum absolute atomic E-state index is 0.0201. The fourth-order valence-corrected chi connectivity index (χ4v) is 15.9. The van der Waals surface area contributed by atoms with Crippen LogP contribution in [0.2, 0.25) is 0 Å². The Morgan fingerprint density at radius 1 is 0.331 bits per heavy atom. The Bertz CT molecular complexity index is 5770. The average Bonchev–Trinajstić information content (AvgIpc) is 1.70. The summed E-state index contributed by atoms with van der Waals surface area (Å²) in [4.78, 5) is 206. The molecule has 5 aromatic heterocycles. The number of guanidine groups is 2. The van der Waals surface area contributed by atoms with Crippen molar-refractivity contribution in [3.63, 3.8) is 0 Å². The zero-order valence-corrected chi connectivity index (χ0v) is 75.7. The van der Waals surface area contributed by atoms with E-state index < -0.39 is 155 Å². The highest BCUT2D eigenvalue weighted by Crippen LogP contribution is 2.26. The van der Waals surface area contributed by atoms with Gasteiger partial charge in [0.2, 0.25) is 70.9 Å². The number of carboxylic acids is 1. The van der Waals surface area contributed by atoms with Gasteiger partial charge in [0.05, 0.1) is 6.04 Å². The number of para-hydroxylation sites is 5. The van der Waals surface area contributed by atoms with E-state index in [1.165, 1.54) is 20.8 Å². The summed E-state index contributed by atoms with van der Waals surface area (Å²) in [6, 6.07) is 18.1. The molecule has 0 bridgehead atoms. The summed E-state index contributed by atoms with van der Waals surface area (Å²) >= 11 is 0. The van der Waals surface area contributed by atoms with Crippen LogP contribution in [-0.4, -0.2) is 217 Å². The molecule has 0 aliphatic rings. The number of benzene rings is 5. The fraction of sp³-hybridized carbons (Fsp3) is 0.415. The number of hydrogen-bond donors (Lipinski definition) is 26. The molecule has 5 heterocycles. The zero-order valence-electron chi connectivity index (χ0n) is 75.7. The number of aliphatic carboxylic acids is 1. The summed E-state index contributed by atoms with van der Waals surface area (Å²) in [5.74, 6) is -12.2. The molecule has 12 amide bonds. The number of fused-ring (bicyclic) bond motifs is 5. The molecular formula is C94H125N25O14. The molecule has 0 unspecified atom stereocenters. The minimum atomic E-state index is -1.54. The van der Waals surface area contributed by atoms with Crippen molar-refractivity contribution < 1.29 is 67.4 Å². The number of aromatic nitrogens is 5. The summed E-state index contributed by atoms with van der Waals surface area (Å²) in [6.07, 6.45) is 8.99. The molecule has 0 spiro atoms. The van der Waals surface area contributed by atoms with Gasteiger partial charge in [-0.1, -0.05) is 125 Å². The van der Waals surface area contributed by atoms with Gasteiger partial charge >= 0.3 is 5.97 Å². The molecule has 133 heavy (non-hydrogen) atoms. The van der Waals surface area contributed by atoms with Crippen LogP contribution >= 0.6 is 0 Å². The molecule has 0 saturated carbocycles. The molecule has 14 atom stereocenters. The molecular weight excluding hydrogens is 1700 g/mol. The lowest BCUT2D eigenvalue weighted by Crippen LogP contribution is -2.61. The van der Waals surface area contributed by atoms with E-state index in [9.17, 15) is 38.7 Å². The number of carbonyl (C=O) groups excluding carboxylic acids is 12. The first kappa shape index (κ1) is 101. The van der Waals surface area contributed by atoms with Crippen molar-refractivity contribution in [2.24, 2.45) is 34.8 Å². The van der Waals surface area contributed by atoms with E-state index in [0.717, 1.165) is 10.9 Å². The van der Waals surface area contributed by atoms with Crippen LogP contribution in [0.25, 0.3) is 54.5 Å². The highest BCUT2D eigenvalue weighted by Gasteiger charge is 2.38. The standard InChI is InChI=1S/C94H125N25O14/c1-8-51(4)79(96)91(131)119-73(39-50(2)3)85(125)108-52(5)80(120)114-76(42-57-47-105-67-30-16-11-25-62(57)67)88(128)111-70(33-19-20-36-95)84(124)117-74(40-55-45-103-65-28-14-9-23-60(55)65)86(126)109-54(7)82(122)116-78(44-59-49-107-69-32-18-13-27-64(59)69)90(130)118-75(41-56-46-104-66-29-15-10-24-61(56)66)87(127)110-53(6)81(121)115-77(43-58-48-106-68-31-17-12-26-63(58)68)89(129)112-71(34-21-37-101-93(97)98)83(123)113-72(92(132)133)35-22-38-102-94(99)100/h9-18,23-32,45-54,70-79,103-107H,8,19-22,33-44,95-96H2,1-7H3,(H,108,125)(H,109,126)(H,110,127)(H,111,128)(H,112,129)(H,113,123)(H,114,120)(H,115,121)(H,116,122)(H,117,124)(H,118,130)(H,119,131)(H,132,133)(H4,97,98,101)(H4,99,100,102)/t51-,52-,53-,54-,70-,71-,72-,73-,74-,75-,76-,77-,78-,79-/m0/s1. The maximum absolute atomic E-state index is 15.6. The normalized spacial score (nSPS) is 14.6. The lowest BCUT2D eigenvalue weighted by Gasteiger charge is -2.28. The Kier molecular flexibility index (Phi) is 36.5. The van der Waals surface area contributed by atoms with E-state index in [2.05, 4.69) is 99.4 Å². The number of nitrogens with one attached hydrogen (secondary N) is 21. The Hall–Kier alpha value is -14.6. The summed E-state index contributed by atoms with van der Waals surface area (Å²) < 4.78 is 0. The first-order valence-electron chi connectivity index (χ1n) is 44.9. The monoisotopic (exact) mass is 1830 g/mol. The molecule has 710 valence electrons. The Morgan fingerprint density at radius 2 is 0.579 bits per heavy atom. The Balaban J connectivity index is 0.900. The second kappa shape index (κ2) is 48.3. The van der Waals surface area contributed by atoms with Crippen LogP contribution in [0.15, 0.2) is 152 Å². The van der Waals surface area contributed by atoms with Crippen LogP contribution in [-0.2, 0) is 94.4 Å². The lowest BCUT2D eigenvalue weighted by atomic mass is 9.97. The molecule has 0 aliphatic heterocycles. The third-order valence-corrected chi connectivity index (χ3v) is 23.6. The van der Waals surface area contributed by atoms with E-state index in [1.807, 2.05) is 88.4 Å². The molecule has 0 aliphatic carbocycles. The highest BCUT2D eigenvalue weighted by molar-refractivity contribution is 6.02. The minimum Gasteiger partial charge on any atom is -0.480 e. The third kappa shape index (κ3) is 28.4. The van der Waals surface area contributed by atoms with Crippen molar-refractivity contribution >= 4 is 143 Å². The van der Waals surface area contributed by atoms with E-state index in [-0.39, 0.29) is 114 Å². The van der Waals surface area contributed by atoms with E-state index in [1.54, 1.807) is 91.6 Å². The quantitative estimate of drug-likeness (QED) is 0.0148. The van der Waals surface area contributed by atoms with Gasteiger partial charge in [0.1, 0.15) is 72.5 Å². The predicted octanol–water partition coefficient (Wildman–Crippen LogP) is 2.64. The predicted molar refractivity (Wildman–Crippen MR) is 506 cm³/mol. The molecule has 0 radical (unpaired) electrons. The van der Waals surface area contributed by atoms with Crippen molar-refractivity contribution in [3.05, 3.63) is 180 Å². The van der Waals surface area contributed by atoms with Crippen molar-refractivity contribution in [2.75, 3.05) is 19.6 Å². The first-order valence-corrected chi connectivity index (χ1v) is 44.9. The molecule has 5 aromatic carbocycles. The van der Waals surface area contributed by atoms with Crippen LogP contribution < -0.4 is 97.4 Å². The number of carbonyl (C=O) groups is 13. The number of hydrogen-bond acceptors (Lipinski definition) is 17. The van der Waals surface area contributed by atoms with Gasteiger partial charge in [0.25, 0.3) is 0 Å². The summed E-state index contributed by atoms with van der Waals surface area (Å²) in [5.41, 5.74) is 29.6. The number of amides is 12. The van der Waals surface area contributed by atoms with Crippen molar-refractivity contribution in [1.29, 1.82) is 10.8 Å². The average molecular weight is 1830 g/mol. The smallest absolute Gasteiger partial charge is 0.326 e. The molecule has 39 nitrogen and oxygen atoms in total. The Labute approximate surface area is 768 Å². The molecule has 0 saturated heterocycles. The maximum atomic E-state index is 15.6. The first-order chi connectivity index (χ1) is 63.7. The highest BCUT2D eigenvalue weighted by atomic mass is 16.4. The van der Waals surface area contributed by atoms with Gasteiger partial charge in [-0.15, -0.1) is 0 Å². The second-order valence-electron chi connectivity index (χ2n) is 34.2. The van der Waals surface area contributed by atoms with Crippen LogP contribution in [0.4, 0.5) is 0 Å². The van der Waals surface area contributed by atoms with Gasteiger partial charge in [-0.25, -0.2) is 4.79 Å². The van der Waals surface area contributed by atoms with Crippen molar-refractivity contribution in [2.45, 2.75) is 217 Å². The molecule has 30 N–H and O–H groups in total. The topological polar surface area (TPSA) is 641 Å². The molecule has 0 fully saturated rings. The van der Waals surface area contributed by atoms with Gasteiger partial charge in [-0.2, -0.15) is 0 Å². The summed E-state index contributed by atoms with van der Waals surface area (Å²) in [5, 5.41) is 67.2. The molecule has 10 rings (SSSR count). The van der Waals surface area contributed by atoms with Crippen LogP contribution in [0.3, 0.4) is 0 Å². The van der Waals surface area contributed by atoms with Gasteiger partial charge in [-0.3, -0.25) is 68.4 Å². The van der Waals surface area contributed by atoms with Crippen LogP contribution in [0, 0.1) is 22.7 Å². The number of H-pyrrole nitrogens is 5. The molecule has 10 aromatic rings. The third-order valence-electron chi connectivity index (χ3n) is 23.6. The summed E-state index contributed by atoms with van der Waals surface area (Å²) in [7, 11) is 0. The second-order valence-corrected chi connectivity index (χ2v) is 34.2. The number of carboxylic acid groups (broad SMARTS) is 1. The lowest BCUT2D eigenvalue weighted by molar-refractivity contribution is -0.142. The van der Waals surface area contributed by atoms with Crippen LogP contribution in [0.1, 0.15) is 134 Å². The van der Waals surface area contributed by atoms with Crippen molar-refractivity contribution in [1.82, 2.24) is 99.4 Å². The molecule has 39 heteroatoms. The summed E-state index contributed by atoms with van der Waals surface area (Å²) in [6.45, 7) is 12.0. The number of aromatic amines is 5. The van der Waals surface area contributed by atoms with E-state index in [0.29, 0.717) is 90.7 Å². The number of unbranched alkanes of at least 4 members (excludes halogenated alkanes) is 1. The maximum Gasteiger partial charge on any atom is 0.326 e. The van der Waals surface area contributed by atoms with Gasteiger partial charge in [-0.05, 0) is 149 Å². The van der Waals surface area contributed by atoms with Gasteiger partial charge in [0.15, 0.2) is 11.9 Å². The number of nitrogens with two attached hydrogens (primary N) is 4. The Morgan fingerprint density at radius 3 is 0.865 bits per heavy atom. The van der Waals surface area contributed by atoms with E-state index >= 15 is 28.8 Å². The zero-order chi connectivity index (χ0) is 96.1. The van der Waals surface area contributed by atoms with Crippen LogP contribution in [0.5, 0.6) is 0 Å². The van der Waals surface area contributed by atoms with E-state index in [4.69, 9.17) is 33.8 Å². The van der Waals surface area contributed by atoms with Gasteiger partial charge < -0.3 is 127 Å². The largest absolute Gasteiger partial charge is 0.480 e. The number of rotatable bonds is 51. The SMILES string of the molecule is CC[C@H](C)[C@H](N)C(=O)N[C@@H](CC(C)C)C(=O)N[C@@H](C)C(=O)N[C@@H](Cc1c[nH]c2ccccc12)C(=O)N[C@@H](CCCCN)C(=O)N[C@@H](Cc1c[nH]c2ccccc12)C(=O)N[C@@H](C)C(=O)N[C@@H](Cc1c[nH]c2ccccc12)C(=O)N[C@@H](Cc1c[nH]c2ccccc12)C(=O)N[C@@H](C)C(=O)N[C@@H](Cc1c[nH]c2ccccc12)C(=O)N[C@@H](CCCNC(=N)N)C(=O)N[C@@H](CCCNC(=N)N)C(=O)O. The van der Waals surface area contributed by atoms with Gasteiger partial charge in [0, 0.05) is 131 Å².